The quantitative estimate of drug-likeness (QED) is 0.849. The second-order valence-electron chi connectivity index (χ2n) is 5.31. The second kappa shape index (κ2) is 6.51. The van der Waals surface area contributed by atoms with Crippen LogP contribution in [0.3, 0.4) is 0 Å². The van der Waals surface area contributed by atoms with E-state index in [0.29, 0.717) is 11.4 Å². The fraction of sp³-hybridized carbons (Fsp3) is 0.438. The topological polar surface area (TPSA) is 38.0 Å². The van der Waals surface area contributed by atoms with Crippen LogP contribution in [0, 0.1) is 0 Å². The van der Waals surface area contributed by atoms with Gasteiger partial charge in [-0.25, -0.2) is 0 Å². The largest absolute Gasteiger partial charge is 0.385 e. The minimum Gasteiger partial charge on any atom is -0.385 e. The van der Waals surface area contributed by atoms with Crippen molar-refractivity contribution >= 4 is 27.5 Å². The van der Waals surface area contributed by atoms with Gasteiger partial charge in [-0.15, -0.1) is 0 Å². The molecule has 0 aliphatic rings. The van der Waals surface area contributed by atoms with Crippen molar-refractivity contribution in [1.82, 2.24) is 9.78 Å². The van der Waals surface area contributed by atoms with Crippen LogP contribution in [-0.4, -0.2) is 14.9 Å². The summed E-state index contributed by atoms with van der Waals surface area (Å²) in [6.45, 7) is 6.68. The van der Waals surface area contributed by atoms with Crippen molar-refractivity contribution in [1.29, 1.82) is 0 Å². The molecule has 5 heteroatoms. The van der Waals surface area contributed by atoms with E-state index in [-0.39, 0.29) is 0 Å². The second-order valence-corrected chi connectivity index (χ2v) is 6.51. The molecular weight excluding hydrogens is 352 g/mol. The standard InChI is InChI=1S/C16H20BrClN2O/c1-4-13-15(17)14(20(5-2)19-13)10-16(3,21)11-8-6-7-9-12(11)18/h6-9,21H,4-5,10H2,1-3H3. The van der Waals surface area contributed by atoms with Crippen LogP contribution in [0.4, 0.5) is 0 Å². The molecule has 21 heavy (non-hydrogen) atoms. The maximum atomic E-state index is 10.9. The average molecular weight is 372 g/mol. The van der Waals surface area contributed by atoms with E-state index in [1.54, 1.807) is 13.0 Å². The van der Waals surface area contributed by atoms with Crippen LogP contribution in [0.2, 0.25) is 5.02 Å². The SMILES string of the molecule is CCc1nn(CC)c(CC(C)(O)c2ccccc2Cl)c1Br. The van der Waals surface area contributed by atoms with Gasteiger partial charge in [0.05, 0.1) is 21.5 Å². The van der Waals surface area contributed by atoms with E-state index >= 15 is 0 Å². The third-order valence-electron chi connectivity index (χ3n) is 3.66. The zero-order valence-corrected chi connectivity index (χ0v) is 14.9. The number of rotatable bonds is 5. The lowest BCUT2D eigenvalue weighted by Gasteiger charge is -2.25. The van der Waals surface area contributed by atoms with Gasteiger partial charge in [0.15, 0.2) is 0 Å². The van der Waals surface area contributed by atoms with Crippen LogP contribution in [0.25, 0.3) is 0 Å². The Bertz CT molecular complexity index is 637. The van der Waals surface area contributed by atoms with Crippen molar-refractivity contribution in [3.8, 4) is 0 Å². The molecule has 0 amide bonds. The lowest BCUT2D eigenvalue weighted by molar-refractivity contribution is 0.0553. The molecule has 1 unspecified atom stereocenters. The van der Waals surface area contributed by atoms with E-state index in [2.05, 4.69) is 28.0 Å². The van der Waals surface area contributed by atoms with Gasteiger partial charge in [-0.05, 0) is 42.3 Å². The molecule has 0 saturated carbocycles. The number of aliphatic hydroxyl groups is 1. The zero-order chi connectivity index (χ0) is 15.6. The smallest absolute Gasteiger partial charge is 0.0938 e. The van der Waals surface area contributed by atoms with Gasteiger partial charge in [-0.1, -0.05) is 36.7 Å². The zero-order valence-electron chi connectivity index (χ0n) is 12.5. The highest BCUT2D eigenvalue weighted by Gasteiger charge is 2.29. The molecule has 3 nitrogen and oxygen atoms in total. The molecule has 2 rings (SSSR count). The molecule has 1 atom stereocenters. The third kappa shape index (κ3) is 3.33. The Balaban J connectivity index is 2.41. The molecular formula is C16H20BrClN2O. The minimum atomic E-state index is -1.04. The van der Waals surface area contributed by atoms with Gasteiger partial charge in [0.2, 0.25) is 0 Å². The van der Waals surface area contributed by atoms with Crippen LogP contribution in [0.1, 0.15) is 37.7 Å². The van der Waals surface area contributed by atoms with Gasteiger partial charge in [-0.3, -0.25) is 4.68 Å². The van der Waals surface area contributed by atoms with Crippen molar-refractivity contribution in [2.75, 3.05) is 0 Å². The number of benzene rings is 1. The number of aromatic nitrogens is 2. The van der Waals surface area contributed by atoms with Crippen molar-refractivity contribution in [3.63, 3.8) is 0 Å². The van der Waals surface area contributed by atoms with Gasteiger partial charge in [0.1, 0.15) is 0 Å². The van der Waals surface area contributed by atoms with Crippen LogP contribution in [0.15, 0.2) is 28.7 Å². The molecule has 1 aromatic carbocycles. The summed E-state index contributed by atoms with van der Waals surface area (Å²) in [6, 6.07) is 7.42. The van der Waals surface area contributed by atoms with Crippen LogP contribution in [-0.2, 0) is 25.0 Å². The van der Waals surface area contributed by atoms with Gasteiger partial charge in [-0.2, -0.15) is 5.10 Å². The normalized spacial score (nSPS) is 14.2. The lowest BCUT2D eigenvalue weighted by atomic mass is 9.91. The van der Waals surface area contributed by atoms with E-state index in [1.807, 2.05) is 29.8 Å². The summed E-state index contributed by atoms with van der Waals surface area (Å²) in [6.07, 6.45) is 1.31. The fourth-order valence-corrected chi connectivity index (χ4v) is 3.55. The van der Waals surface area contributed by atoms with Crippen molar-refractivity contribution in [3.05, 3.63) is 50.7 Å². The minimum absolute atomic E-state index is 0.457. The molecule has 0 radical (unpaired) electrons. The van der Waals surface area contributed by atoms with Crippen molar-refractivity contribution < 1.29 is 5.11 Å². The summed E-state index contributed by atoms with van der Waals surface area (Å²) in [4.78, 5) is 0. The first kappa shape index (κ1) is 16.5. The average Bonchev–Trinajstić information content (AvgIpc) is 2.75. The van der Waals surface area contributed by atoms with Gasteiger partial charge < -0.3 is 5.11 Å². The Morgan fingerprint density at radius 2 is 2.00 bits per heavy atom. The Hall–Kier alpha value is -0.840. The molecule has 114 valence electrons. The Kier molecular flexibility index (Phi) is 5.12. The van der Waals surface area contributed by atoms with Crippen molar-refractivity contribution in [2.24, 2.45) is 0 Å². The van der Waals surface area contributed by atoms with E-state index in [9.17, 15) is 5.11 Å². The fourth-order valence-electron chi connectivity index (χ4n) is 2.51. The Morgan fingerprint density at radius 1 is 1.33 bits per heavy atom. The van der Waals surface area contributed by atoms with E-state index in [4.69, 9.17) is 11.6 Å². The van der Waals surface area contributed by atoms with Crippen LogP contribution < -0.4 is 0 Å². The number of nitrogens with zero attached hydrogens (tertiary/aromatic N) is 2. The third-order valence-corrected chi connectivity index (χ3v) is 4.90. The van der Waals surface area contributed by atoms with Gasteiger partial charge in [0.25, 0.3) is 0 Å². The molecule has 1 aromatic heterocycles. The van der Waals surface area contributed by atoms with E-state index in [1.165, 1.54) is 0 Å². The first-order valence-electron chi connectivity index (χ1n) is 7.12. The monoisotopic (exact) mass is 370 g/mol. The van der Waals surface area contributed by atoms with Gasteiger partial charge in [0, 0.05) is 23.6 Å². The lowest BCUT2D eigenvalue weighted by Crippen LogP contribution is -2.26. The summed E-state index contributed by atoms with van der Waals surface area (Å²) in [7, 11) is 0. The summed E-state index contributed by atoms with van der Waals surface area (Å²) < 4.78 is 2.92. The highest BCUT2D eigenvalue weighted by molar-refractivity contribution is 9.10. The molecule has 0 saturated heterocycles. The number of halogens is 2. The van der Waals surface area contributed by atoms with Gasteiger partial charge >= 0.3 is 0 Å². The molecule has 0 aliphatic heterocycles. The summed E-state index contributed by atoms with van der Waals surface area (Å²) >= 11 is 9.85. The molecule has 0 spiro atoms. The maximum Gasteiger partial charge on any atom is 0.0938 e. The Morgan fingerprint density at radius 3 is 2.57 bits per heavy atom. The maximum absolute atomic E-state index is 10.9. The Labute approximate surface area is 139 Å². The predicted molar refractivity (Wildman–Crippen MR) is 89.7 cm³/mol. The molecule has 1 heterocycles. The summed E-state index contributed by atoms with van der Waals surface area (Å²) in [5.74, 6) is 0. The predicted octanol–water partition coefficient (Wildman–Crippen LogP) is 4.33. The van der Waals surface area contributed by atoms with Crippen molar-refractivity contribution in [2.45, 2.75) is 45.8 Å². The molecule has 1 N–H and O–H groups in total. The number of aryl methyl sites for hydroxylation is 2. The number of hydrogen-bond donors (Lipinski definition) is 1. The van der Waals surface area contributed by atoms with Crippen LogP contribution >= 0.6 is 27.5 Å². The molecule has 0 fully saturated rings. The first-order chi connectivity index (χ1) is 9.90. The number of hydrogen-bond acceptors (Lipinski definition) is 2. The summed E-state index contributed by atoms with van der Waals surface area (Å²) in [5.41, 5.74) is 1.71. The summed E-state index contributed by atoms with van der Waals surface area (Å²) in [5, 5.41) is 16.1. The molecule has 0 bridgehead atoms. The highest BCUT2D eigenvalue weighted by atomic mass is 79.9. The molecule has 2 aromatic rings. The van der Waals surface area contributed by atoms with E-state index < -0.39 is 5.60 Å². The highest BCUT2D eigenvalue weighted by Crippen LogP contribution is 2.34. The van der Waals surface area contributed by atoms with E-state index in [0.717, 1.165) is 34.4 Å². The molecule has 0 aliphatic carbocycles. The van der Waals surface area contributed by atoms with Crippen LogP contribution in [0.5, 0.6) is 0 Å². The first-order valence-corrected chi connectivity index (χ1v) is 8.29.